The van der Waals surface area contributed by atoms with Gasteiger partial charge in [0.05, 0.1) is 18.3 Å². The molecule has 2 amide bonds. The van der Waals surface area contributed by atoms with Crippen LogP contribution in [0.1, 0.15) is 12.8 Å². The Morgan fingerprint density at radius 3 is 2.45 bits per heavy atom. The van der Waals surface area contributed by atoms with E-state index in [4.69, 9.17) is 4.74 Å². The second-order valence-corrected chi connectivity index (χ2v) is 8.03. The Balaban J connectivity index is 1.29. The molecule has 1 aliphatic heterocycles. The van der Waals surface area contributed by atoms with Crippen molar-refractivity contribution < 1.29 is 14.3 Å². The van der Waals surface area contributed by atoms with Crippen LogP contribution in [0, 0.1) is 0 Å². The van der Waals surface area contributed by atoms with Crippen LogP contribution in [-0.4, -0.2) is 64.1 Å². The van der Waals surface area contributed by atoms with Crippen LogP contribution < -0.4 is 20.6 Å². The van der Waals surface area contributed by atoms with Crippen LogP contribution in [0.4, 0.5) is 11.5 Å². The lowest BCUT2D eigenvalue weighted by molar-refractivity contribution is -0.133. The molecule has 1 fully saturated rings. The van der Waals surface area contributed by atoms with Gasteiger partial charge in [-0.1, -0.05) is 12.1 Å². The van der Waals surface area contributed by atoms with Crippen molar-refractivity contribution in [1.82, 2.24) is 19.0 Å². The van der Waals surface area contributed by atoms with E-state index in [-0.39, 0.29) is 30.3 Å². The summed E-state index contributed by atoms with van der Waals surface area (Å²) in [6, 6.07) is 11.2. The van der Waals surface area contributed by atoms with Crippen molar-refractivity contribution in [3.63, 3.8) is 0 Å². The molecule has 0 spiro atoms. The molecule has 1 aromatic carbocycles. The summed E-state index contributed by atoms with van der Waals surface area (Å²) in [5, 5.41) is 2.72. The number of benzene rings is 1. The summed E-state index contributed by atoms with van der Waals surface area (Å²) in [4.78, 5) is 45.4. The highest BCUT2D eigenvalue weighted by Crippen LogP contribution is 2.28. The number of nitrogens with zero attached hydrogens (tertiary/aromatic N) is 5. The number of fused-ring (bicyclic) bond motifs is 1. The Morgan fingerprint density at radius 2 is 1.73 bits per heavy atom. The number of nitrogens with one attached hydrogen (secondary N) is 1. The number of carbonyl (C=O) groups excluding carboxylic acids is 2. The molecule has 0 bridgehead atoms. The molecular weight excluding hydrogens is 424 g/mol. The fourth-order valence-corrected chi connectivity index (χ4v) is 4.11. The molecule has 0 saturated carbocycles. The van der Waals surface area contributed by atoms with Crippen molar-refractivity contribution in [3.8, 4) is 5.75 Å². The number of pyridine rings is 1. The van der Waals surface area contributed by atoms with Gasteiger partial charge in [0.25, 0.3) is 0 Å². The Bertz CT molecular complexity index is 1240. The lowest BCUT2D eigenvalue weighted by Crippen LogP contribution is -2.49. The second kappa shape index (κ2) is 9.35. The smallest absolute Gasteiger partial charge is 0.329 e. The third-order valence-corrected chi connectivity index (χ3v) is 6.00. The molecule has 2 aromatic heterocycles. The van der Waals surface area contributed by atoms with Gasteiger partial charge in [-0.15, -0.1) is 0 Å². The zero-order valence-electron chi connectivity index (χ0n) is 19.1. The minimum absolute atomic E-state index is 0.0429. The van der Waals surface area contributed by atoms with Gasteiger partial charge in [0.2, 0.25) is 11.8 Å². The van der Waals surface area contributed by atoms with E-state index in [2.05, 4.69) is 15.2 Å². The van der Waals surface area contributed by atoms with Crippen molar-refractivity contribution in [1.29, 1.82) is 0 Å². The minimum atomic E-state index is -0.288. The number of hydrogen-bond acceptors (Lipinski definition) is 6. The number of amides is 2. The maximum Gasteiger partial charge on any atom is 0.329 e. The SMILES string of the molecule is COc1ccccc1N1CCN(C(=O)CCC(=O)Nc2ccc3c(n2)n(C)c(=O)n3C)CC1. The number of hydrogen-bond donors (Lipinski definition) is 1. The van der Waals surface area contributed by atoms with E-state index in [0.29, 0.717) is 43.2 Å². The first kappa shape index (κ1) is 22.4. The molecule has 10 heteroatoms. The third kappa shape index (κ3) is 4.55. The molecule has 10 nitrogen and oxygen atoms in total. The zero-order valence-corrected chi connectivity index (χ0v) is 19.1. The highest BCUT2D eigenvalue weighted by atomic mass is 16.5. The van der Waals surface area contributed by atoms with Crippen molar-refractivity contribution in [3.05, 3.63) is 46.9 Å². The number of anilines is 2. The molecular formula is C23H28N6O4. The van der Waals surface area contributed by atoms with Gasteiger partial charge in [-0.2, -0.15) is 0 Å². The largest absolute Gasteiger partial charge is 0.495 e. The first-order chi connectivity index (χ1) is 15.9. The molecule has 3 aromatic rings. The number of piperazine rings is 1. The van der Waals surface area contributed by atoms with E-state index in [1.54, 1.807) is 38.2 Å². The van der Waals surface area contributed by atoms with Gasteiger partial charge in [0.1, 0.15) is 11.6 Å². The van der Waals surface area contributed by atoms with Crippen LogP contribution >= 0.6 is 0 Å². The monoisotopic (exact) mass is 452 g/mol. The van der Waals surface area contributed by atoms with Gasteiger partial charge in [-0.05, 0) is 24.3 Å². The molecule has 3 heterocycles. The number of aromatic nitrogens is 3. The van der Waals surface area contributed by atoms with Gasteiger partial charge in [0, 0.05) is 53.1 Å². The summed E-state index contributed by atoms with van der Waals surface area (Å²) < 4.78 is 8.36. The summed E-state index contributed by atoms with van der Waals surface area (Å²) in [5.41, 5.74) is 2.01. The fourth-order valence-electron chi connectivity index (χ4n) is 4.11. The molecule has 4 rings (SSSR count). The Hall–Kier alpha value is -3.82. The molecule has 1 saturated heterocycles. The maximum absolute atomic E-state index is 12.6. The molecule has 0 radical (unpaired) electrons. The minimum Gasteiger partial charge on any atom is -0.495 e. The molecule has 0 aliphatic carbocycles. The van der Waals surface area contributed by atoms with E-state index < -0.39 is 0 Å². The lowest BCUT2D eigenvalue weighted by atomic mass is 10.2. The van der Waals surface area contributed by atoms with Crippen LogP contribution in [0.25, 0.3) is 11.2 Å². The normalized spacial score (nSPS) is 13.9. The van der Waals surface area contributed by atoms with Crippen molar-refractivity contribution >= 4 is 34.5 Å². The molecule has 1 N–H and O–H groups in total. The van der Waals surface area contributed by atoms with Gasteiger partial charge >= 0.3 is 5.69 Å². The molecule has 1 aliphatic rings. The van der Waals surface area contributed by atoms with Crippen LogP contribution in [-0.2, 0) is 23.7 Å². The Labute approximate surface area is 191 Å². The molecule has 0 unspecified atom stereocenters. The standard InChI is InChI=1S/C23H28N6O4/c1-26-17-8-9-19(25-22(17)27(2)23(26)32)24-20(30)10-11-21(31)29-14-12-28(13-15-29)16-6-4-5-7-18(16)33-3/h4-9H,10-15H2,1-3H3,(H,24,25,30). The number of rotatable bonds is 6. The topological polar surface area (TPSA) is 102 Å². The number of imidazole rings is 1. The maximum atomic E-state index is 12.6. The van der Waals surface area contributed by atoms with Gasteiger partial charge in [-0.25, -0.2) is 9.78 Å². The number of carbonyl (C=O) groups is 2. The zero-order chi connectivity index (χ0) is 23.5. The summed E-state index contributed by atoms with van der Waals surface area (Å²) in [6.07, 6.45) is 0.200. The first-order valence-corrected chi connectivity index (χ1v) is 10.9. The summed E-state index contributed by atoms with van der Waals surface area (Å²) in [6.45, 7) is 2.60. The predicted octanol–water partition coefficient (Wildman–Crippen LogP) is 1.35. The second-order valence-electron chi connectivity index (χ2n) is 8.03. The number of para-hydroxylation sites is 2. The summed E-state index contributed by atoms with van der Waals surface area (Å²) in [5.74, 6) is 0.838. The Kier molecular flexibility index (Phi) is 6.34. The Morgan fingerprint density at radius 1 is 1.00 bits per heavy atom. The van der Waals surface area contributed by atoms with E-state index in [1.807, 2.05) is 24.3 Å². The van der Waals surface area contributed by atoms with E-state index in [9.17, 15) is 14.4 Å². The average molecular weight is 453 g/mol. The third-order valence-electron chi connectivity index (χ3n) is 6.00. The van der Waals surface area contributed by atoms with E-state index >= 15 is 0 Å². The van der Waals surface area contributed by atoms with Crippen LogP contribution in [0.2, 0.25) is 0 Å². The van der Waals surface area contributed by atoms with E-state index in [0.717, 1.165) is 11.4 Å². The number of aryl methyl sites for hydroxylation is 2. The van der Waals surface area contributed by atoms with Crippen LogP contribution in [0.15, 0.2) is 41.2 Å². The lowest BCUT2D eigenvalue weighted by Gasteiger charge is -2.36. The molecule has 0 atom stereocenters. The van der Waals surface area contributed by atoms with Crippen LogP contribution in [0.3, 0.4) is 0 Å². The van der Waals surface area contributed by atoms with Crippen molar-refractivity contribution in [2.24, 2.45) is 14.1 Å². The highest BCUT2D eigenvalue weighted by Gasteiger charge is 2.23. The van der Waals surface area contributed by atoms with Gasteiger partial charge < -0.3 is 19.9 Å². The van der Waals surface area contributed by atoms with Crippen molar-refractivity contribution in [2.75, 3.05) is 43.5 Å². The summed E-state index contributed by atoms with van der Waals surface area (Å²) >= 11 is 0. The number of ether oxygens (including phenoxy) is 1. The van der Waals surface area contributed by atoms with Crippen molar-refractivity contribution in [2.45, 2.75) is 12.8 Å². The number of methoxy groups -OCH3 is 1. The fraction of sp³-hybridized carbons (Fsp3) is 0.391. The average Bonchev–Trinajstić information content (AvgIpc) is 3.06. The first-order valence-electron chi connectivity index (χ1n) is 10.9. The van der Waals surface area contributed by atoms with E-state index in [1.165, 1.54) is 9.13 Å². The highest BCUT2D eigenvalue weighted by molar-refractivity contribution is 5.93. The summed E-state index contributed by atoms with van der Waals surface area (Å²) in [7, 11) is 4.96. The predicted molar refractivity (Wildman–Crippen MR) is 126 cm³/mol. The molecule has 33 heavy (non-hydrogen) atoms. The van der Waals surface area contributed by atoms with Crippen LogP contribution in [0.5, 0.6) is 5.75 Å². The van der Waals surface area contributed by atoms with Gasteiger partial charge in [0.15, 0.2) is 5.65 Å². The quantitative estimate of drug-likeness (QED) is 0.606. The van der Waals surface area contributed by atoms with Gasteiger partial charge in [-0.3, -0.25) is 18.7 Å². The molecule has 174 valence electrons.